The van der Waals surface area contributed by atoms with Crippen LogP contribution in [-0.4, -0.2) is 33.6 Å². The summed E-state index contributed by atoms with van der Waals surface area (Å²) in [6.07, 6.45) is -5.71. The van der Waals surface area contributed by atoms with Gasteiger partial charge in [-0.3, -0.25) is 4.98 Å². The predicted molar refractivity (Wildman–Crippen MR) is 98.0 cm³/mol. The second kappa shape index (κ2) is 7.17. The Kier molecular flexibility index (Phi) is 5.08. The van der Waals surface area contributed by atoms with Gasteiger partial charge in [-0.15, -0.1) is 0 Å². The molecule has 0 spiro atoms. The lowest BCUT2D eigenvalue weighted by Gasteiger charge is -2.29. The average Bonchev–Trinajstić information content (AvgIpc) is 2.62. The zero-order valence-corrected chi connectivity index (χ0v) is 14.6. The smallest absolute Gasteiger partial charge is 0.393 e. The van der Waals surface area contributed by atoms with Gasteiger partial charge in [0.05, 0.1) is 12.1 Å². The van der Waals surface area contributed by atoms with E-state index in [2.05, 4.69) is 10.3 Å². The van der Waals surface area contributed by atoms with Crippen LogP contribution in [-0.2, 0) is 6.42 Å². The molecule has 0 amide bonds. The minimum atomic E-state index is -4.95. The number of benzene rings is 2. The SMILES string of the molecule is Cc1ccc2c(Nc3ccccc3CC(O)(CO)C(F)(F)F)cccc2n1. The van der Waals surface area contributed by atoms with E-state index in [1.165, 1.54) is 6.07 Å². The molecule has 0 bridgehead atoms. The van der Waals surface area contributed by atoms with E-state index in [1.807, 2.05) is 25.1 Å². The van der Waals surface area contributed by atoms with E-state index in [0.29, 0.717) is 11.4 Å². The van der Waals surface area contributed by atoms with Crippen LogP contribution in [0.5, 0.6) is 0 Å². The van der Waals surface area contributed by atoms with Crippen LogP contribution in [0, 0.1) is 6.92 Å². The topological polar surface area (TPSA) is 65.4 Å². The van der Waals surface area contributed by atoms with E-state index in [0.717, 1.165) is 16.6 Å². The molecule has 142 valence electrons. The second-order valence-corrected chi connectivity index (χ2v) is 6.47. The van der Waals surface area contributed by atoms with Crippen LogP contribution in [0.2, 0.25) is 0 Å². The van der Waals surface area contributed by atoms with Gasteiger partial charge in [-0.05, 0) is 42.8 Å². The summed E-state index contributed by atoms with van der Waals surface area (Å²) in [5, 5.41) is 23.0. The summed E-state index contributed by atoms with van der Waals surface area (Å²) >= 11 is 0. The van der Waals surface area contributed by atoms with E-state index >= 15 is 0 Å². The molecule has 4 nitrogen and oxygen atoms in total. The number of para-hydroxylation sites is 1. The number of aromatic nitrogens is 1. The molecule has 1 heterocycles. The van der Waals surface area contributed by atoms with Crippen molar-refractivity contribution in [2.24, 2.45) is 0 Å². The van der Waals surface area contributed by atoms with Crippen LogP contribution in [0.1, 0.15) is 11.3 Å². The number of anilines is 2. The number of pyridine rings is 1. The van der Waals surface area contributed by atoms with E-state index in [-0.39, 0.29) is 5.56 Å². The average molecular weight is 376 g/mol. The minimum absolute atomic E-state index is 0.239. The number of aliphatic hydroxyl groups excluding tert-OH is 1. The highest BCUT2D eigenvalue weighted by atomic mass is 19.4. The van der Waals surface area contributed by atoms with Crippen molar-refractivity contribution in [2.75, 3.05) is 11.9 Å². The van der Waals surface area contributed by atoms with E-state index < -0.39 is 24.8 Å². The Labute approximate surface area is 154 Å². The summed E-state index contributed by atoms with van der Waals surface area (Å²) in [7, 11) is 0. The fraction of sp³-hybridized carbons (Fsp3) is 0.250. The molecule has 0 aliphatic carbocycles. The van der Waals surface area contributed by atoms with Crippen molar-refractivity contribution in [2.45, 2.75) is 25.1 Å². The predicted octanol–water partition coefficient (Wildman–Crippen LogP) is 4.12. The molecular weight excluding hydrogens is 357 g/mol. The third-order valence-corrected chi connectivity index (χ3v) is 4.43. The van der Waals surface area contributed by atoms with Crippen LogP contribution in [0.25, 0.3) is 10.9 Å². The van der Waals surface area contributed by atoms with Gasteiger partial charge in [-0.2, -0.15) is 13.2 Å². The van der Waals surface area contributed by atoms with Crippen molar-refractivity contribution >= 4 is 22.3 Å². The number of hydrogen-bond acceptors (Lipinski definition) is 4. The van der Waals surface area contributed by atoms with Gasteiger partial charge in [0, 0.05) is 28.9 Å². The summed E-state index contributed by atoms with van der Waals surface area (Å²) in [6.45, 7) is 0.462. The van der Waals surface area contributed by atoms with Gasteiger partial charge >= 0.3 is 6.18 Å². The number of aryl methyl sites for hydroxylation is 1. The van der Waals surface area contributed by atoms with E-state index in [9.17, 15) is 18.3 Å². The summed E-state index contributed by atoms with van der Waals surface area (Å²) in [6, 6.07) is 15.6. The summed E-state index contributed by atoms with van der Waals surface area (Å²) in [4.78, 5) is 4.44. The summed E-state index contributed by atoms with van der Waals surface area (Å²) in [5.41, 5.74) is -0.239. The number of nitrogens with zero attached hydrogens (tertiary/aromatic N) is 1. The summed E-state index contributed by atoms with van der Waals surface area (Å²) < 4.78 is 39.5. The number of fused-ring (bicyclic) bond motifs is 1. The molecule has 0 saturated carbocycles. The largest absolute Gasteiger partial charge is 0.419 e. The molecule has 1 aromatic heterocycles. The Morgan fingerprint density at radius 1 is 0.963 bits per heavy atom. The molecule has 0 saturated heterocycles. The molecule has 3 N–H and O–H groups in total. The van der Waals surface area contributed by atoms with Crippen LogP contribution in [0.4, 0.5) is 24.5 Å². The molecule has 3 aromatic rings. The first-order chi connectivity index (χ1) is 12.7. The highest BCUT2D eigenvalue weighted by Gasteiger charge is 2.53. The maximum absolute atomic E-state index is 13.2. The fourth-order valence-corrected chi connectivity index (χ4v) is 2.87. The van der Waals surface area contributed by atoms with Crippen molar-refractivity contribution in [3.05, 3.63) is 65.9 Å². The Hall–Kier alpha value is -2.64. The van der Waals surface area contributed by atoms with Crippen molar-refractivity contribution in [3.63, 3.8) is 0 Å². The Morgan fingerprint density at radius 3 is 2.37 bits per heavy atom. The quantitative estimate of drug-likeness (QED) is 0.627. The Morgan fingerprint density at radius 2 is 1.67 bits per heavy atom. The molecule has 7 heteroatoms. The number of rotatable bonds is 5. The first kappa shape index (κ1) is 19.1. The monoisotopic (exact) mass is 376 g/mol. The first-order valence-electron chi connectivity index (χ1n) is 8.35. The lowest BCUT2D eigenvalue weighted by Crippen LogP contribution is -2.50. The molecule has 0 aliphatic heterocycles. The number of hydrogen-bond donors (Lipinski definition) is 3. The first-order valence-corrected chi connectivity index (χ1v) is 8.35. The maximum atomic E-state index is 13.2. The van der Waals surface area contributed by atoms with Crippen LogP contribution in [0.15, 0.2) is 54.6 Å². The van der Waals surface area contributed by atoms with Crippen LogP contribution < -0.4 is 5.32 Å². The molecular formula is C20H19F3N2O2. The van der Waals surface area contributed by atoms with Gasteiger partial charge in [0.2, 0.25) is 0 Å². The number of aliphatic hydroxyl groups is 2. The zero-order chi connectivity index (χ0) is 19.7. The van der Waals surface area contributed by atoms with Gasteiger partial charge in [0.25, 0.3) is 0 Å². The highest BCUT2D eigenvalue weighted by molar-refractivity contribution is 5.93. The lowest BCUT2D eigenvalue weighted by molar-refractivity contribution is -0.270. The minimum Gasteiger partial charge on any atom is -0.393 e. The molecule has 27 heavy (non-hydrogen) atoms. The van der Waals surface area contributed by atoms with E-state index in [1.54, 1.807) is 30.3 Å². The normalized spacial score (nSPS) is 14.1. The Balaban J connectivity index is 1.98. The van der Waals surface area contributed by atoms with Gasteiger partial charge in [0.15, 0.2) is 5.60 Å². The van der Waals surface area contributed by atoms with Gasteiger partial charge in [0.1, 0.15) is 0 Å². The molecule has 0 fully saturated rings. The Bertz CT molecular complexity index is 959. The van der Waals surface area contributed by atoms with Crippen molar-refractivity contribution in [3.8, 4) is 0 Å². The molecule has 1 atom stereocenters. The van der Waals surface area contributed by atoms with E-state index in [4.69, 9.17) is 5.11 Å². The molecule has 0 aliphatic rings. The fourth-order valence-electron chi connectivity index (χ4n) is 2.87. The number of alkyl halides is 3. The second-order valence-electron chi connectivity index (χ2n) is 6.47. The molecule has 3 rings (SSSR count). The van der Waals surface area contributed by atoms with Crippen LogP contribution in [0.3, 0.4) is 0 Å². The van der Waals surface area contributed by atoms with Crippen molar-refractivity contribution < 1.29 is 23.4 Å². The maximum Gasteiger partial charge on any atom is 0.419 e. The van der Waals surface area contributed by atoms with Crippen LogP contribution >= 0.6 is 0 Å². The standard InChI is InChI=1S/C20H19F3N2O2/c1-13-9-10-15-17(24-13)7-4-8-18(15)25-16-6-3-2-5-14(16)11-19(27,12-26)20(21,22)23/h2-10,25-27H,11-12H2,1H3. The highest BCUT2D eigenvalue weighted by Crippen LogP contribution is 2.35. The number of halogens is 3. The van der Waals surface area contributed by atoms with Crippen molar-refractivity contribution in [1.29, 1.82) is 0 Å². The van der Waals surface area contributed by atoms with Gasteiger partial charge < -0.3 is 15.5 Å². The van der Waals surface area contributed by atoms with Gasteiger partial charge in [-0.1, -0.05) is 24.3 Å². The third kappa shape index (κ3) is 3.89. The van der Waals surface area contributed by atoms with Gasteiger partial charge in [-0.25, -0.2) is 0 Å². The molecule has 2 aromatic carbocycles. The zero-order valence-electron chi connectivity index (χ0n) is 14.6. The lowest BCUT2D eigenvalue weighted by atomic mass is 9.93. The molecule has 0 radical (unpaired) electrons. The third-order valence-electron chi connectivity index (χ3n) is 4.43. The molecule has 1 unspecified atom stereocenters. The number of nitrogens with one attached hydrogen (secondary N) is 1. The summed E-state index contributed by atoms with van der Waals surface area (Å²) in [5.74, 6) is 0. The van der Waals surface area contributed by atoms with Crippen molar-refractivity contribution in [1.82, 2.24) is 4.98 Å².